The van der Waals surface area contributed by atoms with Crippen LogP contribution in [0.1, 0.15) is 19.2 Å². The molecule has 136 valence electrons. The minimum absolute atomic E-state index is 0.0872. The molecule has 1 aromatic carbocycles. The molecule has 2 aliphatic rings. The third-order valence-corrected chi connectivity index (χ3v) is 5.32. The highest BCUT2D eigenvalue weighted by Crippen LogP contribution is 2.23. The first-order chi connectivity index (χ1) is 12.7. The summed E-state index contributed by atoms with van der Waals surface area (Å²) >= 11 is 0. The lowest BCUT2D eigenvalue weighted by molar-refractivity contribution is -0.135. The van der Waals surface area contributed by atoms with Crippen molar-refractivity contribution in [3.8, 4) is 11.4 Å². The topological polar surface area (TPSA) is 71.3 Å². The summed E-state index contributed by atoms with van der Waals surface area (Å²) in [5.74, 6) is 1.73. The van der Waals surface area contributed by atoms with Crippen molar-refractivity contribution in [2.45, 2.75) is 26.3 Å². The van der Waals surface area contributed by atoms with Crippen molar-refractivity contribution in [2.75, 3.05) is 26.2 Å². The van der Waals surface area contributed by atoms with Crippen LogP contribution in [0, 0.1) is 5.92 Å². The van der Waals surface area contributed by atoms with Gasteiger partial charge in [-0.2, -0.15) is 0 Å². The highest BCUT2D eigenvalue weighted by atomic mass is 16.2. The summed E-state index contributed by atoms with van der Waals surface area (Å²) in [5, 5.41) is 8.68. The number of hydrogen-bond donors (Lipinski definition) is 0. The highest BCUT2D eigenvalue weighted by Gasteiger charge is 2.36. The monoisotopic (exact) mass is 353 g/mol. The number of rotatable bonds is 3. The van der Waals surface area contributed by atoms with Crippen LogP contribution in [0.25, 0.3) is 11.4 Å². The molecule has 1 saturated heterocycles. The lowest BCUT2D eigenvalue weighted by atomic mass is 10.1. The van der Waals surface area contributed by atoms with Crippen LogP contribution in [0.4, 0.5) is 0 Å². The lowest BCUT2D eigenvalue weighted by Gasteiger charge is -2.23. The second kappa shape index (κ2) is 6.90. The molecule has 1 atom stereocenters. The molecule has 0 saturated carbocycles. The number of carbonyl (C=O) groups is 2. The van der Waals surface area contributed by atoms with Crippen LogP contribution in [-0.2, 0) is 22.6 Å². The van der Waals surface area contributed by atoms with Crippen molar-refractivity contribution in [1.82, 2.24) is 24.6 Å². The van der Waals surface area contributed by atoms with Gasteiger partial charge in [-0.1, -0.05) is 30.3 Å². The number of nitrogens with zero attached hydrogens (tertiary/aromatic N) is 5. The third-order valence-electron chi connectivity index (χ3n) is 5.32. The van der Waals surface area contributed by atoms with Crippen molar-refractivity contribution < 1.29 is 9.59 Å². The van der Waals surface area contributed by atoms with E-state index in [-0.39, 0.29) is 17.7 Å². The van der Waals surface area contributed by atoms with Gasteiger partial charge in [-0.25, -0.2) is 0 Å². The molecule has 2 aliphatic heterocycles. The van der Waals surface area contributed by atoms with Crippen molar-refractivity contribution in [3.63, 3.8) is 0 Å². The van der Waals surface area contributed by atoms with E-state index in [4.69, 9.17) is 0 Å². The first kappa shape index (κ1) is 16.8. The fourth-order valence-electron chi connectivity index (χ4n) is 3.85. The zero-order valence-corrected chi connectivity index (χ0v) is 15.0. The molecular weight excluding hydrogens is 330 g/mol. The van der Waals surface area contributed by atoms with Gasteiger partial charge >= 0.3 is 0 Å². The van der Waals surface area contributed by atoms with Gasteiger partial charge in [0.2, 0.25) is 11.8 Å². The minimum Gasteiger partial charge on any atom is -0.342 e. The van der Waals surface area contributed by atoms with Crippen LogP contribution in [0.2, 0.25) is 0 Å². The van der Waals surface area contributed by atoms with Crippen LogP contribution in [0.15, 0.2) is 30.3 Å². The predicted molar refractivity (Wildman–Crippen MR) is 96.1 cm³/mol. The molecule has 2 amide bonds. The van der Waals surface area contributed by atoms with E-state index in [2.05, 4.69) is 14.8 Å². The average molecular weight is 353 g/mol. The van der Waals surface area contributed by atoms with Gasteiger partial charge in [-0.3, -0.25) is 9.59 Å². The summed E-state index contributed by atoms with van der Waals surface area (Å²) in [5.41, 5.74) is 1.03. The number of amides is 2. The lowest BCUT2D eigenvalue weighted by Crippen LogP contribution is -2.39. The highest BCUT2D eigenvalue weighted by molar-refractivity contribution is 5.89. The molecule has 3 heterocycles. The molecule has 0 spiro atoms. The second-order valence-electron chi connectivity index (χ2n) is 6.87. The van der Waals surface area contributed by atoms with E-state index in [9.17, 15) is 9.59 Å². The number of benzene rings is 1. The van der Waals surface area contributed by atoms with E-state index >= 15 is 0 Å². The number of hydrogen-bond acceptors (Lipinski definition) is 4. The van der Waals surface area contributed by atoms with E-state index < -0.39 is 0 Å². The molecule has 26 heavy (non-hydrogen) atoms. The van der Waals surface area contributed by atoms with E-state index in [0.717, 1.165) is 17.2 Å². The van der Waals surface area contributed by atoms with Crippen LogP contribution >= 0.6 is 0 Å². The Hall–Kier alpha value is -2.70. The predicted octanol–water partition coefficient (Wildman–Crippen LogP) is 1.20. The maximum atomic E-state index is 12.9. The minimum atomic E-state index is -0.209. The van der Waals surface area contributed by atoms with E-state index in [1.165, 1.54) is 0 Å². The smallest absolute Gasteiger partial charge is 0.228 e. The SMILES string of the molecule is CCN1C[C@H](C(=O)N2CCc3nnc(-c4ccccc4)n3CC2)CC1=O. The molecular formula is C19H23N5O2. The maximum absolute atomic E-state index is 12.9. The summed E-state index contributed by atoms with van der Waals surface area (Å²) in [4.78, 5) is 28.5. The Kier molecular flexibility index (Phi) is 4.44. The molecule has 0 N–H and O–H groups in total. The average Bonchev–Trinajstić information content (AvgIpc) is 3.19. The third kappa shape index (κ3) is 2.98. The Morgan fingerprint density at radius 3 is 2.69 bits per heavy atom. The fourth-order valence-corrected chi connectivity index (χ4v) is 3.85. The Balaban J connectivity index is 1.48. The number of fused-ring (bicyclic) bond motifs is 1. The van der Waals surface area contributed by atoms with E-state index in [0.29, 0.717) is 45.6 Å². The summed E-state index contributed by atoms with van der Waals surface area (Å²) in [6, 6.07) is 10.00. The van der Waals surface area contributed by atoms with Gasteiger partial charge in [0.1, 0.15) is 5.82 Å². The Bertz CT molecular complexity index is 817. The maximum Gasteiger partial charge on any atom is 0.228 e. The van der Waals surface area contributed by atoms with Crippen LogP contribution in [-0.4, -0.2) is 62.6 Å². The fraction of sp³-hybridized carbons (Fsp3) is 0.474. The van der Waals surface area contributed by atoms with Gasteiger partial charge in [0, 0.05) is 51.1 Å². The Labute approximate surface area is 152 Å². The Morgan fingerprint density at radius 2 is 1.96 bits per heavy atom. The van der Waals surface area contributed by atoms with Crippen molar-refractivity contribution in [3.05, 3.63) is 36.2 Å². The van der Waals surface area contributed by atoms with Crippen molar-refractivity contribution in [1.29, 1.82) is 0 Å². The van der Waals surface area contributed by atoms with Crippen molar-refractivity contribution >= 4 is 11.8 Å². The molecule has 0 radical (unpaired) electrons. The first-order valence-corrected chi connectivity index (χ1v) is 9.21. The van der Waals surface area contributed by atoms with Gasteiger partial charge in [-0.05, 0) is 6.92 Å². The zero-order chi connectivity index (χ0) is 18.1. The molecule has 1 fully saturated rings. The van der Waals surface area contributed by atoms with Gasteiger partial charge < -0.3 is 14.4 Å². The van der Waals surface area contributed by atoms with Gasteiger partial charge in [-0.15, -0.1) is 10.2 Å². The van der Waals surface area contributed by atoms with E-state index in [1.807, 2.05) is 42.2 Å². The van der Waals surface area contributed by atoms with E-state index in [1.54, 1.807) is 4.90 Å². The van der Waals surface area contributed by atoms with Crippen LogP contribution in [0.5, 0.6) is 0 Å². The molecule has 0 bridgehead atoms. The van der Waals surface area contributed by atoms with Crippen molar-refractivity contribution in [2.24, 2.45) is 5.92 Å². The van der Waals surface area contributed by atoms with Gasteiger partial charge in [0.15, 0.2) is 5.82 Å². The Morgan fingerprint density at radius 1 is 1.15 bits per heavy atom. The first-order valence-electron chi connectivity index (χ1n) is 9.21. The number of aromatic nitrogens is 3. The molecule has 0 unspecified atom stereocenters. The van der Waals surface area contributed by atoms with Crippen LogP contribution in [0.3, 0.4) is 0 Å². The van der Waals surface area contributed by atoms with Gasteiger partial charge in [0.05, 0.1) is 5.92 Å². The normalized spacial score (nSPS) is 20.2. The van der Waals surface area contributed by atoms with Crippen LogP contribution < -0.4 is 0 Å². The molecule has 2 aromatic rings. The summed E-state index contributed by atoms with van der Waals surface area (Å²) in [6.07, 6.45) is 1.02. The molecule has 0 aliphatic carbocycles. The largest absolute Gasteiger partial charge is 0.342 e. The number of likely N-dealkylation sites (tertiary alicyclic amines) is 1. The molecule has 7 heteroatoms. The quantitative estimate of drug-likeness (QED) is 0.831. The zero-order valence-electron chi connectivity index (χ0n) is 15.0. The second-order valence-corrected chi connectivity index (χ2v) is 6.87. The number of carbonyl (C=O) groups excluding carboxylic acids is 2. The molecule has 4 rings (SSSR count). The molecule has 1 aromatic heterocycles. The standard InChI is InChI=1S/C19H23N5O2/c1-2-22-13-15(12-17(22)25)19(26)23-9-8-16-20-21-18(24(16)11-10-23)14-6-4-3-5-7-14/h3-7,15H,2,8-13H2,1H3/t15-/m1/s1. The summed E-state index contributed by atoms with van der Waals surface area (Å²) < 4.78 is 2.11. The van der Waals surface area contributed by atoms with Gasteiger partial charge in [0.25, 0.3) is 0 Å². The summed E-state index contributed by atoms with van der Waals surface area (Å²) in [6.45, 7) is 5.10. The molecule has 7 nitrogen and oxygen atoms in total. The summed E-state index contributed by atoms with van der Waals surface area (Å²) in [7, 11) is 0.